The molecule has 2 aliphatic heterocycles. The predicted molar refractivity (Wildman–Crippen MR) is 130 cm³/mol. The number of unbranched alkanes of at least 4 members (excludes halogenated alkanes) is 3. The summed E-state index contributed by atoms with van der Waals surface area (Å²) < 4.78 is 5.62. The third-order valence-corrected chi connectivity index (χ3v) is 7.20. The summed E-state index contributed by atoms with van der Waals surface area (Å²) >= 11 is 0. The zero-order chi connectivity index (χ0) is 22.6. The van der Waals surface area contributed by atoms with Crippen LogP contribution in [-0.2, 0) is 11.8 Å². The third-order valence-electron chi connectivity index (χ3n) is 7.20. The van der Waals surface area contributed by atoms with Crippen LogP contribution in [0.15, 0.2) is 48.5 Å². The van der Waals surface area contributed by atoms with Crippen LogP contribution in [-0.4, -0.2) is 43.8 Å². The van der Waals surface area contributed by atoms with Crippen LogP contribution in [0.4, 0.5) is 10.5 Å². The molecule has 0 unspecified atom stereocenters. The molecule has 5 nitrogen and oxygen atoms in total. The number of rotatable bonds is 9. The molecule has 0 aliphatic carbocycles. The van der Waals surface area contributed by atoms with Crippen molar-refractivity contribution < 1.29 is 9.53 Å². The molecule has 2 heterocycles. The van der Waals surface area contributed by atoms with E-state index in [-0.39, 0.29) is 11.5 Å². The van der Waals surface area contributed by atoms with Crippen molar-refractivity contribution in [1.82, 2.24) is 10.2 Å². The zero-order valence-corrected chi connectivity index (χ0v) is 19.8. The van der Waals surface area contributed by atoms with Crippen LogP contribution in [0.5, 0.6) is 5.75 Å². The molecule has 172 valence electrons. The number of nitrogens with one attached hydrogen (secondary N) is 1. The van der Waals surface area contributed by atoms with Crippen molar-refractivity contribution in [2.75, 3.05) is 31.6 Å². The number of fused-ring (bicyclic) bond motifs is 3. The summed E-state index contributed by atoms with van der Waals surface area (Å²) in [6.07, 6.45) is 6.68. The van der Waals surface area contributed by atoms with E-state index in [9.17, 15) is 4.79 Å². The molecule has 5 heteroatoms. The van der Waals surface area contributed by atoms with Crippen molar-refractivity contribution in [3.63, 3.8) is 0 Å². The fourth-order valence-electron chi connectivity index (χ4n) is 5.49. The van der Waals surface area contributed by atoms with Gasteiger partial charge in [-0.3, -0.25) is 4.90 Å². The number of nitrogens with zero attached hydrogens (tertiary/aromatic N) is 2. The summed E-state index contributed by atoms with van der Waals surface area (Å²) in [5, 5.41) is 2.88. The van der Waals surface area contributed by atoms with Crippen LogP contribution in [0, 0.1) is 0 Å². The van der Waals surface area contributed by atoms with E-state index in [0.717, 1.165) is 38.8 Å². The van der Waals surface area contributed by atoms with Gasteiger partial charge < -0.3 is 15.0 Å². The summed E-state index contributed by atoms with van der Waals surface area (Å²) in [5.41, 5.74) is 3.96. The molecule has 0 radical (unpaired) electrons. The Bertz CT molecular complexity index is 916. The van der Waals surface area contributed by atoms with E-state index in [2.05, 4.69) is 78.5 Å². The Labute approximate surface area is 192 Å². The minimum absolute atomic E-state index is 0.0385. The number of carbonyl (C=O) groups excluding carboxylic acids is 1. The second-order valence-electron chi connectivity index (χ2n) is 9.48. The zero-order valence-electron chi connectivity index (χ0n) is 19.8. The average molecular weight is 436 g/mol. The van der Waals surface area contributed by atoms with Crippen molar-refractivity contribution in [1.29, 1.82) is 0 Å². The number of benzene rings is 2. The molecule has 1 N–H and O–H groups in total. The number of amides is 1. The molecule has 2 aromatic carbocycles. The van der Waals surface area contributed by atoms with Crippen LogP contribution in [0.3, 0.4) is 0 Å². The van der Waals surface area contributed by atoms with Gasteiger partial charge in [0.15, 0.2) is 0 Å². The maximum Gasteiger partial charge on any atom is 0.412 e. The van der Waals surface area contributed by atoms with Gasteiger partial charge in [-0.1, -0.05) is 63.4 Å². The fourth-order valence-corrected chi connectivity index (χ4v) is 5.49. The van der Waals surface area contributed by atoms with E-state index < -0.39 is 0 Å². The van der Waals surface area contributed by atoms with E-state index in [1.165, 1.54) is 29.7 Å². The number of carbonyl (C=O) groups is 1. The van der Waals surface area contributed by atoms with Gasteiger partial charge >= 0.3 is 6.09 Å². The Kier molecular flexibility index (Phi) is 7.04. The molecule has 2 aliphatic rings. The molecule has 1 saturated heterocycles. The number of anilines is 1. The van der Waals surface area contributed by atoms with Crippen LogP contribution >= 0.6 is 0 Å². The number of ether oxygens (including phenoxy) is 1. The van der Waals surface area contributed by atoms with Gasteiger partial charge in [-0.15, -0.1) is 0 Å². The van der Waals surface area contributed by atoms with E-state index in [1.807, 2.05) is 6.07 Å². The maximum atomic E-state index is 12.2. The Morgan fingerprint density at radius 3 is 2.75 bits per heavy atom. The van der Waals surface area contributed by atoms with Crippen molar-refractivity contribution in [3.05, 3.63) is 59.7 Å². The molecule has 0 aromatic heterocycles. The highest BCUT2D eigenvalue weighted by molar-refractivity contribution is 5.72. The van der Waals surface area contributed by atoms with Gasteiger partial charge in [0, 0.05) is 37.8 Å². The van der Waals surface area contributed by atoms with Crippen LogP contribution in [0.1, 0.15) is 57.1 Å². The topological polar surface area (TPSA) is 44.8 Å². The summed E-state index contributed by atoms with van der Waals surface area (Å²) in [7, 11) is 2.19. The standard InChI is InChI=1S/C27H37N3O2/c1-4-5-6-10-17-28-26(31)32-22-13-14-24-23(20-22)27(2)16-19-30(25(27)29(24)3)18-15-21-11-8-7-9-12-21/h7-9,11-14,20,25H,4-6,10,15-19H2,1-3H3,(H,28,31)/t25-,27-/m0/s1. The SMILES string of the molecule is CCCCCCNC(=O)Oc1ccc2c(c1)[C@]1(C)CCN(CCc3ccccc3)[C@@H]1N2C. The molecule has 0 spiro atoms. The second kappa shape index (κ2) is 9.95. The number of likely N-dealkylation sites (tertiary alicyclic amines) is 1. The summed E-state index contributed by atoms with van der Waals surface area (Å²) in [5.74, 6) is 0.632. The molecular formula is C27H37N3O2. The minimum atomic E-state index is -0.356. The number of hydrogen-bond donors (Lipinski definition) is 1. The quantitative estimate of drug-likeness (QED) is 0.540. The predicted octanol–water partition coefficient (Wildman–Crippen LogP) is 5.34. The average Bonchev–Trinajstić information content (AvgIpc) is 3.24. The van der Waals surface area contributed by atoms with Crippen molar-refractivity contribution in [2.24, 2.45) is 0 Å². The van der Waals surface area contributed by atoms with Gasteiger partial charge in [0.1, 0.15) is 5.75 Å². The minimum Gasteiger partial charge on any atom is -0.410 e. The molecular weight excluding hydrogens is 398 g/mol. The van der Waals surface area contributed by atoms with Crippen molar-refractivity contribution in [2.45, 2.75) is 64.0 Å². The molecule has 2 atom stereocenters. The molecule has 1 fully saturated rings. The molecule has 0 bridgehead atoms. The lowest BCUT2D eigenvalue weighted by Gasteiger charge is -2.34. The normalized spacial score (nSPS) is 22.0. The number of likely N-dealkylation sites (N-methyl/N-ethyl adjacent to an activating group) is 1. The Hall–Kier alpha value is -2.53. The van der Waals surface area contributed by atoms with Crippen LogP contribution in [0.25, 0.3) is 0 Å². The fraction of sp³-hybridized carbons (Fsp3) is 0.519. The highest BCUT2D eigenvalue weighted by Crippen LogP contribution is 2.52. The Morgan fingerprint density at radius 2 is 1.97 bits per heavy atom. The molecule has 32 heavy (non-hydrogen) atoms. The lowest BCUT2D eigenvalue weighted by molar-refractivity contribution is 0.200. The van der Waals surface area contributed by atoms with E-state index in [4.69, 9.17) is 4.74 Å². The lowest BCUT2D eigenvalue weighted by Crippen LogP contribution is -2.47. The maximum absolute atomic E-state index is 12.2. The first-order valence-electron chi connectivity index (χ1n) is 12.1. The molecule has 0 saturated carbocycles. The van der Waals surface area contributed by atoms with Gasteiger partial charge in [0.25, 0.3) is 0 Å². The van der Waals surface area contributed by atoms with Gasteiger partial charge in [-0.2, -0.15) is 0 Å². The van der Waals surface area contributed by atoms with Crippen LogP contribution in [0.2, 0.25) is 0 Å². The summed E-state index contributed by atoms with van der Waals surface area (Å²) in [4.78, 5) is 17.3. The third kappa shape index (κ3) is 4.63. The second-order valence-corrected chi connectivity index (χ2v) is 9.48. The molecule has 4 rings (SSSR count). The molecule has 2 aromatic rings. The number of hydrogen-bond acceptors (Lipinski definition) is 4. The van der Waals surface area contributed by atoms with E-state index in [1.54, 1.807) is 0 Å². The van der Waals surface area contributed by atoms with Gasteiger partial charge in [0.05, 0.1) is 6.17 Å². The van der Waals surface area contributed by atoms with E-state index >= 15 is 0 Å². The van der Waals surface area contributed by atoms with E-state index in [0.29, 0.717) is 18.5 Å². The highest BCUT2D eigenvalue weighted by atomic mass is 16.6. The highest BCUT2D eigenvalue weighted by Gasteiger charge is 2.53. The largest absolute Gasteiger partial charge is 0.412 e. The monoisotopic (exact) mass is 435 g/mol. The van der Waals surface area contributed by atoms with Crippen molar-refractivity contribution >= 4 is 11.8 Å². The first kappa shape index (κ1) is 22.7. The van der Waals surface area contributed by atoms with Gasteiger partial charge in [0.2, 0.25) is 0 Å². The lowest BCUT2D eigenvalue weighted by atomic mass is 9.81. The first-order chi connectivity index (χ1) is 15.5. The first-order valence-corrected chi connectivity index (χ1v) is 12.1. The van der Waals surface area contributed by atoms with Gasteiger partial charge in [-0.25, -0.2) is 4.79 Å². The van der Waals surface area contributed by atoms with Gasteiger partial charge in [-0.05, 0) is 48.6 Å². The van der Waals surface area contributed by atoms with Crippen molar-refractivity contribution in [3.8, 4) is 5.75 Å². The van der Waals surface area contributed by atoms with Crippen LogP contribution < -0.4 is 15.0 Å². The Balaban J connectivity index is 1.40. The summed E-state index contributed by atoms with van der Waals surface area (Å²) in [6.45, 7) is 7.35. The Morgan fingerprint density at radius 1 is 1.16 bits per heavy atom. The molecule has 1 amide bonds. The smallest absolute Gasteiger partial charge is 0.410 e. The summed E-state index contributed by atoms with van der Waals surface area (Å²) in [6, 6.07) is 16.8.